The Kier molecular flexibility index (Phi) is 4.81. The molecule has 0 saturated carbocycles. The molecular formula is C17H14FN3O2S. The van der Waals surface area contributed by atoms with Gasteiger partial charge in [-0.05, 0) is 42.8 Å². The van der Waals surface area contributed by atoms with Crippen LogP contribution in [0.4, 0.5) is 9.52 Å². The molecule has 0 saturated heterocycles. The van der Waals surface area contributed by atoms with E-state index in [0.29, 0.717) is 22.3 Å². The monoisotopic (exact) mass is 343 g/mol. The van der Waals surface area contributed by atoms with Crippen molar-refractivity contribution in [3.8, 4) is 17.1 Å². The van der Waals surface area contributed by atoms with Crippen LogP contribution in [0.3, 0.4) is 0 Å². The van der Waals surface area contributed by atoms with E-state index in [2.05, 4.69) is 14.7 Å². The second kappa shape index (κ2) is 7.18. The van der Waals surface area contributed by atoms with Crippen LogP contribution in [0.25, 0.3) is 11.4 Å². The first kappa shape index (κ1) is 16.1. The molecule has 0 atom stereocenters. The van der Waals surface area contributed by atoms with E-state index in [4.69, 9.17) is 4.74 Å². The first-order valence-corrected chi connectivity index (χ1v) is 7.97. The molecule has 2 aromatic carbocycles. The van der Waals surface area contributed by atoms with Crippen molar-refractivity contribution in [2.24, 2.45) is 0 Å². The van der Waals surface area contributed by atoms with Gasteiger partial charge in [-0.1, -0.05) is 18.2 Å². The molecule has 0 radical (unpaired) electrons. The molecule has 1 amide bonds. The average molecular weight is 343 g/mol. The van der Waals surface area contributed by atoms with Crippen LogP contribution in [0.15, 0.2) is 48.5 Å². The fourth-order valence-corrected chi connectivity index (χ4v) is 2.61. The Morgan fingerprint density at radius 1 is 1.21 bits per heavy atom. The lowest BCUT2D eigenvalue weighted by Gasteiger charge is -2.07. The number of carbonyl (C=O) groups is 1. The summed E-state index contributed by atoms with van der Waals surface area (Å²) in [4.78, 5) is 16.2. The van der Waals surface area contributed by atoms with Gasteiger partial charge >= 0.3 is 0 Å². The van der Waals surface area contributed by atoms with Crippen molar-refractivity contribution in [3.63, 3.8) is 0 Å². The number of hydrogen-bond donors (Lipinski definition) is 1. The van der Waals surface area contributed by atoms with Crippen LogP contribution in [0.1, 0.15) is 5.56 Å². The van der Waals surface area contributed by atoms with E-state index >= 15 is 0 Å². The molecule has 0 aliphatic rings. The summed E-state index contributed by atoms with van der Waals surface area (Å²) in [6.45, 7) is 1.79. The third-order valence-corrected chi connectivity index (χ3v) is 3.86. The number of nitrogens with one attached hydrogen (secondary N) is 1. The van der Waals surface area contributed by atoms with Crippen molar-refractivity contribution in [1.29, 1.82) is 0 Å². The van der Waals surface area contributed by atoms with E-state index in [0.717, 1.165) is 17.1 Å². The standard InChI is InChI=1S/C17H14FN3O2S/c1-11-4-2-3-5-14(11)23-10-15(22)19-17-20-16(21-24-17)12-6-8-13(18)9-7-12/h2-9H,10H2,1H3,(H,19,20,21,22). The molecule has 5 nitrogen and oxygen atoms in total. The second-order valence-electron chi connectivity index (χ2n) is 5.03. The summed E-state index contributed by atoms with van der Waals surface area (Å²) in [5, 5.41) is 3.01. The maximum atomic E-state index is 12.9. The number of aromatic nitrogens is 2. The summed E-state index contributed by atoms with van der Waals surface area (Å²) in [6, 6.07) is 13.3. The average Bonchev–Trinajstić information content (AvgIpc) is 3.03. The lowest BCUT2D eigenvalue weighted by atomic mass is 10.2. The molecule has 1 N–H and O–H groups in total. The van der Waals surface area contributed by atoms with Gasteiger partial charge in [0.15, 0.2) is 12.4 Å². The summed E-state index contributed by atoms with van der Waals surface area (Å²) in [5.41, 5.74) is 1.64. The van der Waals surface area contributed by atoms with Crippen LogP contribution < -0.4 is 10.1 Å². The number of carbonyl (C=O) groups excluding carboxylic acids is 1. The van der Waals surface area contributed by atoms with Crippen LogP contribution in [-0.2, 0) is 4.79 Å². The van der Waals surface area contributed by atoms with Gasteiger partial charge in [0, 0.05) is 17.1 Å². The smallest absolute Gasteiger partial charge is 0.264 e. The maximum absolute atomic E-state index is 12.9. The predicted octanol–water partition coefficient (Wildman–Crippen LogP) is 3.67. The first-order chi connectivity index (χ1) is 11.6. The van der Waals surface area contributed by atoms with Gasteiger partial charge in [0.05, 0.1) is 0 Å². The highest BCUT2D eigenvalue weighted by molar-refractivity contribution is 7.10. The molecule has 3 aromatic rings. The number of para-hydroxylation sites is 1. The van der Waals surface area contributed by atoms with Crippen LogP contribution in [0.5, 0.6) is 5.75 Å². The second-order valence-corrected chi connectivity index (χ2v) is 5.78. The zero-order valence-corrected chi connectivity index (χ0v) is 13.6. The molecule has 0 fully saturated rings. The summed E-state index contributed by atoms with van der Waals surface area (Å²) >= 11 is 1.06. The number of rotatable bonds is 5. The zero-order chi connectivity index (χ0) is 16.9. The number of amides is 1. The predicted molar refractivity (Wildman–Crippen MR) is 90.6 cm³/mol. The van der Waals surface area contributed by atoms with Gasteiger partial charge in [-0.2, -0.15) is 9.36 Å². The van der Waals surface area contributed by atoms with E-state index in [1.807, 2.05) is 25.1 Å². The molecule has 0 aliphatic carbocycles. The van der Waals surface area contributed by atoms with E-state index in [1.54, 1.807) is 18.2 Å². The lowest BCUT2D eigenvalue weighted by molar-refractivity contribution is -0.118. The van der Waals surface area contributed by atoms with Crippen LogP contribution in [0.2, 0.25) is 0 Å². The van der Waals surface area contributed by atoms with E-state index in [1.165, 1.54) is 12.1 Å². The topological polar surface area (TPSA) is 64.1 Å². The van der Waals surface area contributed by atoms with Gasteiger partial charge in [0.2, 0.25) is 5.13 Å². The Hall–Kier alpha value is -2.80. The van der Waals surface area contributed by atoms with Crippen molar-refractivity contribution < 1.29 is 13.9 Å². The summed E-state index contributed by atoms with van der Waals surface area (Å²) in [7, 11) is 0. The third kappa shape index (κ3) is 3.94. The zero-order valence-electron chi connectivity index (χ0n) is 12.8. The normalized spacial score (nSPS) is 10.4. The molecular weight excluding hydrogens is 329 g/mol. The van der Waals surface area contributed by atoms with Gasteiger partial charge in [0.1, 0.15) is 11.6 Å². The Bertz CT molecular complexity index is 849. The minimum absolute atomic E-state index is 0.115. The number of halogens is 1. The molecule has 3 rings (SSSR count). The number of benzene rings is 2. The minimum Gasteiger partial charge on any atom is -0.483 e. The lowest BCUT2D eigenvalue weighted by Crippen LogP contribution is -2.20. The third-order valence-electron chi connectivity index (χ3n) is 3.23. The molecule has 1 aromatic heterocycles. The SMILES string of the molecule is Cc1ccccc1OCC(=O)Nc1nc(-c2ccc(F)cc2)ns1. The van der Waals surface area contributed by atoms with Crippen molar-refractivity contribution in [2.75, 3.05) is 11.9 Å². The summed E-state index contributed by atoms with van der Waals surface area (Å²) in [6.07, 6.45) is 0. The Labute approximate surface area is 142 Å². The first-order valence-electron chi connectivity index (χ1n) is 7.20. The molecule has 0 aliphatic heterocycles. The van der Waals surface area contributed by atoms with E-state index < -0.39 is 0 Å². The largest absolute Gasteiger partial charge is 0.483 e. The van der Waals surface area contributed by atoms with Gasteiger partial charge in [-0.15, -0.1) is 0 Å². The van der Waals surface area contributed by atoms with Crippen molar-refractivity contribution in [3.05, 3.63) is 59.9 Å². The molecule has 122 valence electrons. The van der Waals surface area contributed by atoms with Crippen molar-refractivity contribution in [1.82, 2.24) is 9.36 Å². The molecule has 0 unspecified atom stereocenters. The van der Waals surface area contributed by atoms with Gasteiger partial charge in [0.25, 0.3) is 5.91 Å². The van der Waals surface area contributed by atoms with Crippen LogP contribution in [0, 0.1) is 12.7 Å². The number of ether oxygens (including phenoxy) is 1. The summed E-state index contributed by atoms with van der Waals surface area (Å²) in [5.74, 6) is 0.461. The minimum atomic E-state index is -0.323. The van der Waals surface area contributed by atoms with Crippen molar-refractivity contribution in [2.45, 2.75) is 6.92 Å². The molecule has 0 bridgehead atoms. The van der Waals surface area contributed by atoms with Gasteiger partial charge in [-0.25, -0.2) is 4.39 Å². The highest BCUT2D eigenvalue weighted by Crippen LogP contribution is 2.21. The Balaban J connectivity index is 1.59. The number of aryl methyl sites for hydroxylation is 1. The maximum Gasteiger partial charge on any atom is 0.264 e. The fourth-order valence-electron chi connectivity index (χ4n) is 2.01. The van der Waals surface area contributed by atoms with E-state index in [-0.39, 0.29) is 18.3 Å². The quantitative estimate of drug-likeness (QED) is 0.768. The van der Waals surface area contributed by atoms with Gasteiger partial charge < -0.3 is 4.74 Å². The highest BCUT2D eigenvalue weighted by atomic mass is 32.1. The van der Waals surface area contributed by atoms with Crippen molar-refractivity contribution >= 4 is 22.6 Å². The Morgan fingerprint density at radius 2 is 1.96 bits per heavy atom. The number of anilines is 1. The fraction of sp³-hybridized carbons (Fsp3) is 0.118. The van der Waals surface area contributed by atoms with E-state index in [9.17, 15) is 9.18 Å². The highest BCUT2D eigenvalue weighted by Gasteiger charge is 2.10. The summed E-state index contributed by atoms with van der Waals surface area (Å²) < 4.78 is 22.6. The van der Waals surface area contributed by atoms with Gasteiger partial charge in [-0.3, -0.25) is 10.1 Å². The van der Waals surface area contributed by atoms with Crippen LogP contribution >= 0.6 is 11.5 Å². The molecule has 24 heavy (non-hydrogen) atoms. The van der Waals surface area contributed by atoms with Crippen LogP contribution in [-0.4, -0.2) is 21.9 Å². The molecule has 7 heteroatoms. The number of nitrogens with zero attached hydrogens (tertiary/aromatic N) is 2. The number of hydrogen-bond acceptors (Lipinski definition) is 5. The Morgan fingerprint density at radius 3 is 2.71 bits per heavy atom. The molecule has 1 heterocycles. The molecule has 0 spiro atoms.